The Kier molecular flexibility index (Phi) is 4.49. The van der Waals surface area contributed by atoms with Crippen LogP contribution in [0.25, 0.3) is 0 Å². The molecule has 0 aliphatic rings. The number of aromatic carboxylic acids is 1. The van der Waals surface area contributed by atoms with Crippen LogP contribution in [0.5, 0.6) is 0 Å². The van der Waals surface area contributed by atoms with Gasteiger partial charge in [0.1, 0.15) is 5.82 Å². The number of halogens is 1. The quantitative estimate of drug-likeness (QED) is 0.612. The lowest BCUT2D eigenvalue weighted by Crippen LogP contribution is -2.05. The highest BCUT2D eigenvalue weighted by atomic mass is 19.1. The molecule has 1 aromatic rings. The van der Waals surface area contributed by atoms with Gasteiger partial charge in [-0.1, -0.05) is 12.1 Å². The molecule has 0 spiro atoms. The summed E-state index contributed by atoms with van der Waals surface area (Å²) in [6, 6.07) is 4.17. The van der Waals surface area contributed by atoms with E-state index in [1.807, 2.05) is 0 Å². The molecule has 0 aliphatic carbocycles. The Labute approximate surface area is 92.9 Å². The fourth-order valence-corrected chi connectivity index (χ4v) is 1.17. The van der Waals surface area contributed by atoms with Crippen molar-refractivity contribution in [1.29, 1.82) is 0 Å². The van der Waals surface area contributed by atoms with Crippen molar-refractivity contribution in [2.24, 2.45) is 0 Å². The third-order valence-corrected chi connectivity index (χ3v) is 1.96. The first-order valence-corrected chi connectivity index (χ1v) is 4.68. The molecule has 0 saturated carbocycles. The highest BCUT2D eigenvalue weighted by molar-refractivity contribution is 5.88. The van der Waals surface area contributed by atoms with E-state index in [1.165, 1.54) is 18.2 Å². The molecular weight excluding hydrogens is 211 g/mol. The molecular formula is C12H11FO3. The number of carboxylic acids is 1. The van der Waals surface area contributed by atoms with E-state index >= 15 is 0 Å². The van der Waals surface area contributed by atoms with Gasteiger partial charge >= 0.3 is 5.97 Å². The van der Waals surface area contributed by atoms with Crippen molar-refractivity contribution in [2.45, 2.75) is 13.0 Å². The Hall–Kier alpha value is -1.86. The van der Waals surface area contributed by atoms with Crippen LogP contribution in [0.15, 0.2) is 18.2 Å². The van der Waals surface area contributed by atoms with Crippen LogP contribution in [-0.4, -0.2) is 17.7 Å². The molecule has 3 nitrogen and oxygen atoms in total. The second-order valence-corrected chi connectivity index (χ2v) is 3.09. The molecule has 1 N–H and O–H groups in total. The summed E-state index contributed by atoms with van der Waals surface area (Å²) in [7, 11) is 0. The molecule has 84 valence electrons. The number of hydrogen-bond donors (Lipinski definition) is 1. The predicted molar refractivity (Wildman–Crippen MR) is 56.5 cm³/mol. The summed E-state index contributed by atoms with van der Waals surface area (Å²) in [4.78, 5) is 10.6. The molecule has 0 amide bonds. The predicted octanol–water partition coefficient (Wildman–Crippen LogP) is 2.06. The summed E-state index contributed by atoms with van der Waals surface area (Å²) >= 11 is 0. The fraction of sp³-hybridized carbons (Fsp3) is 0.250. The molecule has 0 radical (unpaired) electrons. The molecule has 0 saturated heterocycles. The third-order valence-electron chi connectivity index (χ3n) is 1.96. The highest BCUT2D eigenvalue weighted by Gasteiger charge is 2.13. The number of benzene rings is 1. The van der Waals surface area contributed by atoms with Crippen molar-refractivity contribution in [3.8, 4) is 12.3 Å². The summed E-state index contributed by atoms with van der Waals surface area (Å²) in [6.07, 6.45) is 5.46. The monoisotopic (exact) mass is 222 g/mol. The molecule has 16 heavy (non-hydrogen) atoms. The lowest BCUT2D eigenvalue weighted by molar-refractivity contribution is 0.0690. The Morgan fingerprint density at radius 1 is 1.56 bits per heavy atom. The Morgan fingerprint density at radius 2 is 2.31 bits per heavy atom. The van der Waals surface area contributed by atoms with Crippen molar-refractivity contribution in [2.75, 3.05) is 6.61 Å². The Morgan fingerprint density at radius 3 is 2.94 bits per heavy atom. The van der Waals surface area contributed by atoms with E-state index in [0.29, 0.717) is 13.0 Å². The molecule has 1 rings (SSSR count). The lowest BCUT2D eigenvalue weighted by atomic mass is 10.1. The number of ether oxygens (including phenoxy) is 1. The summed E-state index contributed by atoms with van der Waals surface area (Å²) < 4.78 is 18.6. The van der Waals surface area contributed by atoms with E-state index in [-0.39, 0.29) is 17.7 Å². The number of carbonyl (C=O) groups is 1. The molecule has 0 atom stereocenters. The van der Waals surface area contributed by atoms with Gasteiger partial charge in [0.05, 0.1) is 18.8 Å². The van der Waals surface area contributed by atoms with E-state index in [0.717, 1.165) is 0 Å². The summed E-state index contributed by atoms with van der Waals surface area (Å²) in [6.45, 7) is 0.349. The molecule has 0 bridgehead atoms. The van der Waals surface area contributed by atoms with Crippen LogP contribution in [0.3, 0.4) is 0 Å². The zero-order valence-electron chi connectivity index (χ0n) is 8.57. The largest absolute Gasteiger partial charge is 0.478 e. The first-order valence-electron chi connectivity index (χ1n) is 4.68. The number of hydrogen-bond acceptors (Lipinski definition) is 2. The minimum atomic E-state index is -1.29. The van der Waals surface area contributed by atoms with Crippen molar-refractivity contribution in [3.63, 3.8) is 0 Å². The Balaban J connectivity index is 2.70. The van der Waals surface area contributed by atoms with Gasteiger partial charge in [-0.25, -0.2) is 9.18 Å². The molecule has 0 heterocycles. The average Bonchev–Trinajstić information content (AvgIpc) is 2.26. The van der Waals surface area contributed by atoms with Gasteiger partial charge in [0, 0.05) is 12.0 Å². The van der Waals surface area contributed by atoms with Crippen LogP contribution in [0.4, 0.5) is 4.39 Å². The third kappa shape index (κ3) is 3.07. The molecule has 0 unspecified atom stereocenters. The minimum absolute atomic E-state index is 0.0225. The van der Waals surface area contributed by atoms with Gasteiger partial charge < -0.3 is 9.84 Å². The van der Waals surface area contributed by atoms with Gasteiger partial charge in [0.25, 0.3) is 0 Å². The second-order valence-electron chi connectivity index (χ2n) is 3.09. The number of carboxylic acid groups (broad SMARTS) is 1. The molecule has 4 heteroatoms. The zero-order valence-corrected chi connectivity index (χ0v) is 8.57. The van der Waals surface area contributed by atoms with E-state index in [1.54, 1.807) is 0 Å². The highest BCUT2D eigenvalue weighted by Crippen LogP contribution is 2.14. The van der Waals surface area contributed by atoms with Gasteiger partial charge in [0.2, 0.25) is 0 Å². The van der Waals surface area contributed by atoms with Crippen LogP contribution in [0, 0.1) is 18.2 Å². The summed E-state index contributed by atoms with van der Waals surface area (Å²) in [5.41, 5.74) is -0.130. The summed E-state index contributed by atoms with van der Waals surface area (Å²) in [5, 5.41) is 8.69. The fourth-order valence-electron chi connectivity index (χ4n) is 1.17. The van der Waals surface area contributed by atoms with Crippen molar-refractivity contribution >= 4 is 5.97 Å². The van der Waals surface area contributed by atoms with E-state index in [4.69, 9.17) is 16.3 Å². The smallest absolute Gasteiger partial charge is 0.338 e. The Bertz CT molecular complexity index is 421. The van der Waals surface area contributed by atoms with Crippen molar-refractivity contribution < 1.29 is 19.0 Å². The van der Waals surface area contributed by atoms with Gasteiger partial charge in [-0.3, -0.25) is 0 Å². The zero-order chi connectivity index (χ0) is 12.0. The minimum Gasteiger partial charge on any atom is -0.478 e. The maximum atomic E-state index is 13.5. The van der Waals surface area contributed by atoms with Crippen LogP contribution in [0.1, 0.15) is 22.3 Å². The lowest BCUT2D eigenvalue weighted by Gasteiger charge is -2.05. The maximum absolute atomic E-state index is 13.5. The van der Waals surface area contributed by atoms with Gasteiger partial charge in [-0.15, -0.1) is 12.3 Å². The van der Waals surface area contributed by atoms with Crippen molar-refractivity contribution in [1.82, 2.24) is 0 Å². The van der Waals surface area contributed by atoms with Crippen molar-refractivity contribution in [3.05, 3.63) is 35.1 Å². The molecule has 0 aliphatic heterocycles. The van der Waals surface area contributed by atoms with Crippen LogP contribution in [-0.2, 0) is 11.3 Å². The van der Waals surface area contributed by atoms with Crippen LogP contribution >= 0.6 is 0 Å². The maximum Gasteiger partial charge on any atom is 0.338 e. The molecule has 1 aromatic carbocycles. The number of terminal acetylenes is 1. The topological polar surface area (TPSA) is 46.5 Å². The van der Waals surface area contributed by atoms with Gasteiger partial charge in [-0.2, -0.15) is 0 Å². The molecule has 0 aromatic heterocycles. The van der Waals surface area contributed by atoms with Crippen LogP contribution < -0.4 is 0 Å². The second kappa shape index (κ2) is 5.89. The SMILES string of the molecule is C#CCCOCc1cccc(C(=O)O)c1F. The van der Waals surface area contributed by atoms with Gasteiger partial charge in [-0.05, 0) is 6.07 Å². The van der Waals surface area contributed by atoms with Gasteiger partial charge in [0.15, 0.2) is 0 Å². The van der Waals surface area contributed by atoms with E-state index in [2.05, 4.69) is 5.92 Å². The first-order chi connectivity index (χ1) is 7.66. The normalized spacial score (nSPS) is 9.75. The van der Waals surface area contributed by atoms with E-state index < -0.39 is 11.8 Å². The van der Waals surface area contributed by atoms with E-state index in [9.17, 15) is 9.18 Å². The summed E-state index contributed by atoms with van der Waals surface area (Å²) in [5.74, 6) is 0.342. The standard InChI is InChI=1S/C12H11FO3/c1-2-3-7-16-8-9-5-4-6-10(11(9)13)12(14)15/h1,4-6H,3,7-8H2,(H,14,15). The number of rotatable bonds is 5. The molecule has 0 fully saturated rings. The average molecular weight is 222 g/mol. The first kappa shape index (κ1) is 12.2. The van der Waals surface area contributed by atoms with Crippen LogP contribution in [0.2, 0.25) is 0 Å².